The zero-order valence-electron chi connectivity index (χ0n) is 17.0. The maximum absolute atomic E-state index is 5.43. The van der Waals surface area contributed by atoms with Crippen LogP contribution in [0.2, 0.25) is 0 Å². The van der Waals surface area contributed by atoms with Gasteiger partial charge >= 0.3 is 0 Å². The van der Waals surface area contributed by atoms with E-state index in [1.807, 2.05) is 31.2 Å². The summed E-state index contributed by atoms with van der Waals surface area (Å²) in [5.74, 6) is 2.03. The molecule has 4 rings (SSSR count). The van der Waals surface area contributed by atoms with Gasteiger partial charge < -0.3 is 20.3 Å². The first-order valence-corrected chi connectivity index (χ1v) is 10.1. The molecule has 0 bridgehead atoms. The third-order valence-corrected chi connectivity index (χ3v) is 5.12. The smallest absolute Gasteiger partial charge is 0.229 e. The van der Waals surface area contributed by atoms with Crippen LogP contribution in [0.15, 0.2) is 54.7 Å². The number of methoxy groups -OCH3 is 1. The Morgan fingerprint density at radius 3 is 2.48 bits per heavy atom. The van der Waals surface area contributed by atoms with Crippen LogP contribution < -0.4 is 20.3 Å². The van der Waals surface area contributed by atoms with Gasteiger partial charge in [0, 0.05) is 30.7 Å². The molecule has 1 aromatic heterocycles. The second-order valence-electron chi connectivity index (χ2n) is 7.31. The van der Waals surface area contributed by atoms with Gasteiger partial charge in [-0.05, 0) is 74.2 Å². The molecule has 2 N–H and O–H groups in total. The third kappa shape index (κ3) is 4.77. The predicted molar refractivity (Wildman–Crippen MR) is 119 cm³/mol. The summed E-state index contributed by atoms with van der Waals surface area (Å²) in [5.41, 5.74) is 4.27. The summed E-state index contributed by atoms with van der Waals surface area (Å²) in [6.45, 7) is 4.34. The van der Waals surface area contributed by atoms with Crippen LogP contribution in [0, 0.1) is 6.92 Å². The van der Waals surface area contributed by atoms with E-state index in [2.05, 4.69) is 49.8 Å². The van der Waals surface area contributed by atoms with E-state index in [-0.39, 0.29) is 0 Å². The van der Waals surface area contributed by atoms with Crippen LogP contribution in [-0.4, -0.2) is 30.2 Å². The lowest BCUT2D eigenvalue weighted by Gasteiger charge is -2.28. The summed E-state index contributed by atoms with van der Waals surface area (Å²) in [6, 6.07) is 16.3. The van der Waals surface area contributed by atoms with Crippen molar-refractivity contribution in [2.45, 2.75) is 26.2 Å². The Morgan fingerprint density at radius 1 is 0.931 bits per heavy atom. The highest BCUT2D eigenvalue weighted by molar-refractivity contribution is 5.66. The van der Waals surface area contributed by atoms with Crippen molar-refractivity contribution >= 4 is 28.8 Å². The van der Waals surface area contributed by atoms with E-state index >= 15 is 0 Å². The first-order chi connectivity index (χ1) is 14.2. The number of ether oxygens (including phenoxy) is 1. The van der Waals surface area contributed by atoms with Gasteiger partial charge in [-0.25, -0.2) is 4.98 Å². The summed E-state index contributed by atoms with van der Waals surface area (Å²) in [6.07, 6.45) is 5.63. The quantitative estimate of drug-likeness (QED) is 0.599. The fraction of sp³-hybridized carbons (Fsp3) is 0.304. The van der Waals surface area contributed by atoms with Gasteiger partial charge in [0.05, 0.1) is 12.8 Å². The Hall–Kier alpha value is -3.28. The van der Waals surface area contributed by atoms with Gasteiger partial charge in [-0.1, -0.05) is 6.07 Å². The van der Waals surface area contributed by atoms with Crippen molar-refractivity contribution < 1.29 is 4.74 Å². The fourth-order valence-electron chi connectivity index (χ4n) is 3.58. The molecular weight excluding hydrogens is 362 g/mol. The SMILES string of the molecule is COc1ccc(C)cc1Nc1ccnc(Nc2ccc(N3CCCCC3)cc2)n1. The normalized spacial score (nSPS) is 13.8. The number of piperidine rings is 1. The number of hydrogen-bond acceptors (Lipinski definition) is 6. The Bertz CT molecular complexity index is 952. The third-order valence-electron chi connectivity index (χ3n) is 5.12. The van der Waals surface area contributed by atoms with Crippen LogP contribution in [0.25, 0.3) is 0 Å². The number of nitrogens with zero attached hydrogens (tertiary/aromatic N) is 3. The minimum atomic E-state index is 0.548. The van der Waals surface area contributed by atoms with Crippen LogP contribution in [-0.2, 0) is 0 Å². The Labute approximate surface area is 172 Å². The van der Waals surface area contributed by atoms with Crippen molar-refractivity contribution in [3.05, 3.63) is 60.3 Å². The average Bonchev–Trinajstić information content (AvgIpc) is 2.75. The van der Waals surface area contributed by atoms with Crippen molar-refractivity contribution in [2.24, 2.45) is 0 Å². The summed E-state index contributed by atoms with van der Waals surface area (Å²) in [7, 11) is 1.66. The summed E-state index contributed by atoms with van der Waals surface area (Å²) in [5, 5.41) is 6.61. The second kappa shape index (κ2) is 8.82. The molecule has 0 unspecified atom stereocenters. The standard InChI is InChI=1S/C23H27N5O/c1-17-6-11-21(29-2)20(16-17)26-22-12-13-24-23(27-22)25-18-7-9-19(10-8-18)28-14-4-3-5-15-28/h6-13,16H,3-5,14-15H2,1-2H3,(H2,24,25,26,27). The Kier molecular flexibility index (Phi) is 5.79. The Morgan fingerprint density at radius 2 is 1.72 bits per heavy atom. The van der Waals surface area contributed by atoms with Gasteiger partial charge in [-0.2, -0.15) is 4.98 Å². The molecule has 2 heterocycles. The van der Waals surface area contributed by atoms with Gasteiger partial charge in [-0.15, -0.1) is 0 Å². The molecule has 29 heavy (non-hydrogen) atoms. The maximum Gasteiger partial charge on any atom is 0.229 e. The fourth-order valence-corrected chi connectivity index (χ4v) is 3.58. The molecule has 0 atom stereocenters. The maximum atomic E-state index is 5.43. The summed E-state index contributed by atoms with van der Waals surface area (Å²) < 4.78 is 5.43. The number of nitrogens with one attached hydrogen (secondary N) is 2. The van der Waals surface area contributed by atoms with Crippen LogP contribution in [0.5, 0.6) is 5.75 Å². The molecule has 3 aromatic rings. The molecule has 2 aromatic carbocycles. The molecule has 1 saturated heterocycles. The van der Waals surface area contributed by atoms with Gasteiger partial charge in [0.25, 0.3) is 0 Å². The first-order valence-electron chi connectivity index (χ1n) is 10.1. The highest BCUT2D eigenvalue weighted by atomic mass is 16.5. The van der Waals surface area contributed by atoms with E-state index < -0.39 is 0 Å². The van der Waals surface area contributed by atoms with Crippen molar-refractivity contribution in [1.29, 1.82) is 0 Å². The molecule has 6 nitrogen and oxygen atoms in total. The Balaban J connectivity index is 1.46. The van der Waals surface area contributed by atoms with E-state index in [0.717, 1.165) is 35.8 Å². The number of hydrogen-bond donors (Lipinski definition) is 2. The molecule has 1 fully saturated rings. The highest BCUT2D eigenvalue weighted by Gasteiger charge is 2.11. The summed E-state index contributed by atoms with van der Waals surface area (Å²) >= 11 is 0. The van der Waals surface area contributed by atoms with Crippen molar-refractivity contribution in [3.63, 3.8) is 0 Å². The lowest BCUT2D eigenvalue weighted by Crippen LogP contribution is -2.29. The van der Waals surface area contributed by atoms with Crippen LogP contribution >= 0.6 is 0 Å². The number of rotatable bonds is 6. The molecule has 1 aliphatic heterocycles. The van der Waals surface area contributed by atoms with Gasteiger partial charge in [0.15, 0.2) is 0 Å². The number of benzene rings is 2. The number of aryl methyl sites for hydroxylation is 1. The highest BCUT2D eigenvalue weighted by Crippen LogP contribution is 2.28. The van der Waals surface area contributed by atoms with E-state index in [4.69, 9.17) is 4.74 Å². The average molecular weight is 390 g/mol. The zero-order valence-corrected chi connectivity index (χ0v) is 17.0. The molecule has 0 spiro atoms. The van der Waals surface area contributed by atoms with Crippen molar-refractivity contribution in [2.75, 3.05) is 35.7 Å². The van der Waals surface area contributed by atoms with Gasteiger partial charge in [-0.3, -0.25) is 0 Å². The van der Waals surface area contributed by atoms with E-state index in [1.165, 1.54) is 24.9 Å². The lowest BCUT2D eigenvalue weighted by atomic mass is 10.1. The van der Waals surface area contributed by atoms with Crippen molar-refractivity contribution in [1.82, 2.24) is 9.97 Å². The second-order valence-corrected chi connectivity index (χ2v) is 7.31. The van der Waals surface area contributed by atoms with Crippen LogP contribution in [0.3, 0.4) is 0 Å². The molecule has 0 saturated carbocycles. The minimum absolute atomic E-state index is 0.548. The largest absolute Gasteiger partial charge is 0.495 e. The lowest BCUT2D eigenvalue weighted by molar-refractivity contribution is 0.416. The molecule has 150 valence electrons. The van der Waals surface area contributed by atoms with Gasteiger partial charge in [0.2, 0.25) is 5.95 Å². The monoisotopic (exact) mass is 389 g/mol. The minimum Gasteiger partial charge on any atom is -0.495 e. The number of anilines is 5. The molecule has 0 amide bonds. The van der Waals surface area contributed by atoms with Crippen LogP contribution in [0.1, 0.15) is 24.8 Å². The molecule has 6 heteroatoms. The van der Waals surface area contributed by atoms with E-state index in [9.17, 15) is 0 Å². The van der Waals surface area contributed by atoms with E-state index in [1.54, 1.807) is 13.3 Å². The molecule has 0 radical (unpaired) electrons. The molecule has 1 aliphatic rings. The molecular formula is C23H27N5O. The van der Waals surface area contributed by atoms with Crippen molar-refractivity contribution in [3.8, 4) is 5.75 Å². The zero-order chi connectivity index (χ0) is 20.1. The topological polar surface area (TPSA) is 62.3 Å². The first kappa shape index (κ1) is 19.1. The van der Waals surface area contributed by atoms with E-state index in [0.29, 0.717) is 11.8 Å². The van der Waals surface area contributed by atoms with Crippen LogP contribution in [0.4, 0.5) is 28.8 Å². The molecule has 0 aliphatic carbocycles. The van der Waals surface area contributed by atoms with Gasteiger partial charge in [0.1, 0.15) is 11.6 Å². The number of aromatic nitrogens is 2. The predicted octanol–water partition coefficient (Wildman–Crippen LogP) is 5.27. The summed E-state index contributed by atoms with van der Waals surface area (Å²) in [4.78, 5) is 11.4.